The molecular weight excluding hydrogens is 234 g/mol. The number of tetrazole rings is 1. The van der Waals surface area contributed by atoms with Crippen LogP contribution >= 0.6 is 11.8 Å². The molecule has 2 aromatic rings. The molecule has 88 valence electrons. The molecule has 5 nitrogen and oxygen atoms in total. The van der Waals surface area contributed by atoms with Gasteiger partial charge in [-0.3, -0.25) is 0 Å². The maximum Gasteiger partial charge on any atom is 0.214 e. The van der Waals surface area contributed by atoms with Crippen LogP contribution in [0.15, 0.2) is 34.3 Å². The number of benzene rings is 1. The van der Waals surface area contributed by atoms with Gasteiger partial charge in [0.05, 0.1) is 6.04 Å². The third-order valence-corrected chi connectivity index (χ3v) is 3.64. The van der Waals surface area contributed by atoms with Crippen LogP contribution in [0.5, 0.6) is 0 Å². The van der Waals surface area contributed by atoms with E-state index in [-0.39, 0.29) is 0 Å². The largest absolute Gasteiger partial charge is 0.326 e. The van der Waals surface area contributed by atoms with E-state index in [0.717, 1.165) is 15.6 Å². The van der Waals surface area contributed by atoms with Gasteiger partial charge in [-0.2, -0.15) is 0 Å². The summed E-state index contributed by atoms with van der Waals surface area (Å²) in [7, 11) is 0. The van der Waals surface area contributed by atoms with Crippen molar-refractivity contribution in [2.75, 3.05) is 0 Å². The molecule has 0 radical (unpaired) electrons. The summed E-state index contributed by atoms with van der Waals surface area (Å²) in [6, 6.07) is 8.67. The van der Waals surface area contributed by atoms with E-state index >= 15 is 0 Å². The Morgan fingerprint density at radius 1 is 1.41 bits per heavy atom. The monoisotopic (exact) mass is 247 g/mol. The van der Waals surface area contributed by atoms with Gasteiger partial charge < -0.3 is 5.73 Å². The number of nitrogens with two attached hydrogens (primary N) is 1. The van der Waals surface area contributed by atoms with Crippen LogP contribution in [0, 0.1) is 0 Å². The summed E-state index contributed by atoms with van der Waals surface area (Å²) in [5.74, 6) is 0. The number of hydrogen-bond acceptors (Lipinski definition) is 5. The van der Waals surface area contributed by atoms with Crippen molar-refractivity contribution >= 4 is 11.8 Å². The molecule has 17 heavy (non-hydrogen) atoms. The molecule has 3 rings (SSSR count). The maximum absolute atomic E-state index is 5.63. The third kappa shape index (κ3) is 2.32. The lowest BCUT2D eigenvalue weighted by molar-refractivity contribution is 0.565. The van der Waals surface area contributed by atoms with Crippen molar-refractivity contribution in [1.82, 2.24) is 20.2 Å². The fraction of sp³-hybridized carbons (Fsp3) is 0.364. The van der Waals surface area contributed by atoms with Gasteiger partial charge in [0, 0.05) is 11.4 Å². The van der Waals surface area contributed by atoms with E-state index in [1.165, 1.54) is 12.8 Å². The van der Waals surface area contributed by atoms with Gasteiger partial charge in [-0.1, -0.05) is 12.1 Å². The standard InChI is InChI=1S/C11H13N5S/c12-7-8-2-1-3-10(6-8)17-11-13-14-15-16(11)9-4-5-9/h1-3,6,9H,4-5,7,12H2. The first-order valence-electron chi connectivity index (χ1n) is 5.61. The van der Waals surface area contributed by atoms with Crippen LogP contribution in [0.25, 0.3) is 0 Å². The lowest BCUT2D eigenvalue weighted by atomic mass is 10.2. The molecule has 1 saturated carbocycles. The highest BCUT2D eigenvalue weighted by Crippen LogP contribution is 2.37. The highest BCUT2D eigenvalue weighted by Gasteiger charge is 2.28. The Labute approximate surface area is 103 Å². The van der Waals surface area contributed by atoms with Crippen LogP contribution in [0.1, 0.15) is 24.4 Å². The minimum absolute atomic E-state index is 0.505. The molecule has 1 aliphatic carbocycles. The van der Waals surface area contributed by atoms with Crippen LogP contribution in [-0.4, -0.2) is 20.2 Å². The number of rotatable bonds is 4. The quantitative estimate of drug-likeness (QED) is 0.889. The molecule has 0 bridgehead atoms. The zero-order valence-electron chi connectivity index (χ0n) is 9.28. The van der Waals surface area contributed by atoms with Gasteiger partial charge in [-0.25, -0.2) is 4.68 Å². The lowest BCUT2D eigenvalue weighted by Gasteiger charge is -2.03. The zero-order valence-corrected chi connectivity index (χ0v) is 10.1. The van der Waals surface area contributed by atoms with E-state index in [1.807, 2.05) is 16.8 Å². The Morgan fingerprint density at radius 3 is 3.06 bits per heavy atom. The van der Waals surface area contributed by atoms with Gasteiger partial charge in [-0.05, 0) is 52.7 Å². The molecule has 0 amide bonds. The molecule has 0 atom stereocenters. The Kier molecular flexibility index (Phi) is 2.82. The summed E-state index contributed by atoms with van der Waals surface area (Å²) in [5, 5.41) is 12.7. The number of hydrogen-bond donors (Lipinski definition) is 1. The van der Waals surface area contributed by atoms with Gasteiger partial charge >= 0.3 is 0 Å². The Hall–Kier alpha value is -1.40. The van der Waals surface area contributed by atoms with E-state index in [2.05, 4.69) is 27.7 Å². The van der Waals surface area contributed by atoms with Crippen LogP contribution in [0.2, 0.25) is 0 Å². The highest BCUT2D eigenvalue weighted by molar-refractivity contribution is 7.99. The second-order valence-corrected chi connectivity index (χ2v) is 5.13. The van der Waals surface area contributed by atoms with Gasteiger partial charge in [0.25, 0.3) is 0 Å². The van der Waals surface area contributed by atoms with Crippen LogP contribution in [0.3, 0.4) is 0 Å². The second kappa shape index (κ2) is 4.46. The molecule has 1 aliphatic rings. The van der Waals surface area contributed by atoms with Gasteiger partial charge in [-0.15, -0.1) is 5.10 Å². The molecule has 0 spiro atoms. The topological polar surface area (TPSA) is 69.6 Å². The van der Waals surface area contributed by atoms with Crippen molar-refractivity contribution in [3.8, 4) is 0 Å². The minimum Gasteiger partial charge on any atom is -0.326 e. The van der Waals surface area contributed by atoms with E-state index in [0.29, 0.717) is 12.6 Å². The van der Waals surface area contributed by atoms with Crippen molar-refractivity contribution in [2.45, 2.75) is 35.5 Å². The first-order valence-corrected chi connectivity index (χ1v) is 6.43. The van der Waals surface area contributed by atoms with Crippen molar-refractivity contribution < 1.29 is 0 Å². The molecule has 0 unspecified atom stereocenters. The molecule has 1 aromatic heterocycles. The molecule has 0 saturated heterocycles. The summed E-state index contributed by atoms with van der Waals surface area (Å²) in [5.41, 5.74) is 6.75. The first-order chi connectivity index (χ1) is 8.36. The highest BCUT2D eigenvalue weighted by atomic mass is 32.2. The lowest BCUT2D eigenvalue weighted by Crippen LogP contribution is -1.99. The minimum atomic E-state index is 0.505. The normalized spacial score (nSPS) is 15.1. The molecule has 1 heterocycles. The Morgan fingerprint density at radius 2 is 2.29 bits per heavy atom. The fourth-order valence-electron chi connectivity index (χ4n) is 1.64. The van der Waals surface area contributed by atoms with E-state index in [4.69, 9.17) is 5.73 Å². The Balaban J connectivity index is 1.83. The molecule has 1 aromatic carbocycles. The van der Waals surface area contributed by atoms with E-state index < -0.39 is 0 Å². The summed E-state index contributed by atoms with van der Waals surface area (Å²) >= 11 is 1.59. The molecule has 0 aliphatic heterocycles. The number of aromatic nitrogens is 4. The predicted octanol–water partition coefficient (Wildman–Crippen LogP) is 1.62. The third-order valence-electron chi connectivity index (χ3n) is 2.70. The van der Waals surface area contributed by atoms with Crippen LogP contribution < -0.4 is 5.73 Å². The number of nitrogens with zero attached hydrogens (tertiary/aromatic N) is 4. The molecule has 2 N–H and O–H groups in total. The van der Waals surface area contributed by atoms with Crippen molar-refractivity contribution in [3.63, 3.8) is 0 Å². The SMILES string of the molecule is NCc1cccc(Sc2nnnn2C2CC2)c1. The second-order valence-electron chi connectivity index (χ2n) is 4.09. The summed E-state index contributed by atoms with van der Waals surface area (Å²) in [6.07, 6.45) is 2.36. The first kappa shape index (κ1) is 10.7. The average Bonchev–Trinajstić information content (AvgIpc) is 3.11. The zero-order chi connectivity index (χ0) is 11.7. The van der Waals surface area contributed by atoms with Gasteiger partial charge in [0.2, 0.25) is 5.16 Å². The summed E-state index contributed by atoms with van der Waals surface area (Å²) < 4.78 is 1.92. The average molecular weight is 247 g/mol. The Bertz CT molecular complexity index is 520. The van der Waals surface area contributed by atoms with Crippen LogP contribution in [0.4, 0.5) is 0 Å². The van der Waals surface area contributed by atoms with Crippen molar-refractivity contribution in [2.24, 2.45) is 5.73 Å². The molecular formula is C11H13N5S. The predicted molar refractivity (Wildman–Crippen MR) is 64.5 cm³/mol. The fourth-order valence-corrected chi connectivity index (χ4v) is 2.57. The van der Waals surface area contributed by atoms with Gasteiger partial charge in [0.1, 0.15) is 0 Å². The van der Waals surface area contributed by atoms with Crippen molar-refractivity contribution in [3.05, 3.63) is 29.8 Å². The maximum atomic E-state index is 5.63. The van der Waals surface area contributed by atoms with E-state index in [1.54, 1.807) is 11.8 Å². The summed E-state index contributed by atoms with van der Waals surface area (Å²) in [4.78, 5) is 1.13. The van der Waals surface area contributed by atoms with Crippen molar-refractivity contribution in [1.29, 1.82) is 0 Å². The summed E-state index contributed by atoms with van der Waals surface area (Å²) in [6.45, 7) is 0.558. The smallest absolute Gasteiger partial charge is 0.214 e. The van der Waals surface area contributed by atoms with Crippen LogP contribution in [-0.2, 0) is 6.54 Å². The molecule has 6 heteroatoms. The van der Waals surface area contributed by atoms with Gasteiger partial charge in [0.15, 0.2) is 0 Å². The van der Waals surface area contributed by atoms with E-state index in [9.17, 15) is 0 Å². The molecule has 1 fully saturated rings.